The minimum absolute atomic E-state index is 0.0891. The average molecular weight is 260 g/mol. The molecular formula is C18H28O. The molecule has 1 aliphatic rings. The molecule has 0 heterocycles. The van der Waals surface area contributed by atoms with Gasteiger partial charge >= 0.3 is 0 Å². The molecule has 0 aromatic heterocycles. The number of carbonyl (C=O) groups excluding carboxylic acids is 1. The van der Waals surface area contributed by atoms with E-state index in [0.717, 1.165) is 12.0 Å². The molecular weight excluding hydrogens is 232 g/mol. The van der Waals surface area contributed by atoms with Crippen molar-refractivity contribution < 1.29 is 4.79 Å². The van der Waals surface area contributed by atoms with E-state index in [0.29, 0.717) is 5.92 Å². The van der Waals surface area contributed by atoms with Crippen molar-refractivity contribution in [2.75, 3.05) is 0 Å². The summed E-state index contributed by atoms with van der Waals surface area (Å²) in [7, 11) is 0. The Kier molecular flexibility index (Phi) is 15.0. The Morgan fingerprint density at radius 3 is 2.32 bits per heavy atom. The summed E-state index contributed by atoms with van der Waals surface area (Å²) >= 11 is 0. The van der Waals surface area contributed by atoms with Crippen molar-refractivity contribution in [3.05, 3.63) is 60.8 Å². The number of rotatable bonds is 3. The van der Waals surface area contributed by atoms with Gasteiger partial charge in [-0.3, -0.25) is 4.79 Å². The second-order valence-corrected chi connectivity index (χ2v) is 3.89. The lowest BCUT2D eigenvalue weighted by Gasteiger charge is -2.08. The minimum atomic E-state index is 0.0891. The van der Waals surface area contributed by atoms with Gasteiger partial charge in [0.1, 0.15) is 0 Å². The maximum atomic E-state index is 11.5. The summed E-state index contributed by atoms with van der Waals surface area (Å²) in [6.45, 7) is 13.3. The molecule has 0 spiro atoms. The SMILES string of the molecule is C/C=C/C=C/C(=O)C1=CC[C@@H](C)C=C1.C=CC.CC. The Balaban J connectivity index is 0. The molecule has 0 amide bonds. The van der Waals surface area contributed by atoms with E-state index in [9.17, 15) is 4.79 Å². The molecule has 0 aliphatic heterocycles. The van der Waals surface area contributed by atoms with Gasteiger partial charge in [0.05, 0.1) is 0 Å². The third-order valence-corrected chi connectivity index (χ3v) is 2.15. The van der Waals surface area contributed by atoms with Crippen molar-refractivity contribution in [2.45, 2.75) is 41.0 Å². The molecule has 0 aromatic carbocycles. The normalized spacial score (nSPS) is 17.1. The Hall–Kier alpha value is -1.63. The van der Waals surface area contributed by atoms with Crippen molar-refractivity contribution in [2.24, 2.45) is 5.92 Å². The second-order valence-electron chi connectivity index (χ2n) is 3.89. The van der Waals surface area contributed by atoms with Crippen molar-refractivity contribution in [3.8, 4) is 0 Å². The maximum Gasteiger partial charge on any atom is 0.185 e. The number of allylic oxidation sites excluding steroid dienone is 9. The Bertz CT molecular complexity index is 354. The standard InChI is InChI=1S/C13H16O.C3H6.C2H6/c1-3-4-5-6-13(14)12-9-7-11(2)8-10-12;1-3-2;1-2/h3-7,9-11H,8H2,1-2H3;3H,1H2,2H3;1-2H3/b4-3+,6-5+;;/t11-;;/m0../s1. The molecule has 0 saturated carbocycles. The summed E-state index contributed by atoms with van der Waals surface area (Å²) in [6, 6.07) is 0. The number of hydrogen-bond acceptors (Lipinski definition) is 1. The topological polar surface area (TPSA) is 17.1 Å². The van der Waals surface area contributed by atoms with Crippen LogP contribution in [0.1, 0.15) is 41.0 Å². The zero-order valence-corrected chi connectivity index (χ0v) is 13.0. The van der Waals surface area contributed by atoms with Crippen LogP contribution in [0.3, 0.4) is 0 Å². The predicted octanol–water partition coefficient (Wildman–Crippen LogP) is 5.43. The zero-order valence-electron chi connectivity index (χ0n) is 13.0. The minimum Gasteiger partial charge on any atom is -0.289 e. The largest absolute Gasteiger partial charge is 0.289 e. The lowest BCUT2D eigenvalue weighted by atomic mass is 9.96. The number of hydrogen-bond donors (Lipinski definition) is 0. The summed E-state index contributed by atoms with van der Waals surface area (Å²) in [4.78, 5) is 11.5. The number of ketones is 1. The highest BCUT2D eigenvalue weighted by molar-refractivity contribution is 6.06. The third kappa shape index (κ3) is 11.2. The smallest absolute Gasteiger partial charge is 0.185 e. The van der Waals surface area contributed by atoms with Gasteiger partial charge in [0.2, 0.25) is 0 Å². The number of carbonyl (C=O) groups is 1. The molecule has 106 valence electrons. The molecule has 0 unspecified atom stereocenters. The first-order valence-corrected chi connectivity index (χ1v) is 6.94. The molecule has 1 aliphatic carbocycles. The van der Waals surface area contributed by atoms with Gasteiger partial charge in [-0.2, -0.15) is 0 Å². The summed E-state index contributed by atoms with van der Waals surface area (Å²) in [6.07, 6.45) is 15.8. The highest BCUT2D eigenvalue weighted by atomic mass is 16.1. The maximum absolute atomic E-state index is 11.5. The van der Waals surface area contributed by atoms with Gasteiger partial charge in [-0.15, -0.1) is 6.58 Å². The quantitative estimate of drug-likeness (QED) is 0.376. The van der Waals surface area contributed by atoms with Gasteiger partial charge in [0, 0.05) is 5.57 Å². The van der Waals surface area contributed by atoms with Crippen molar-refractivity contribution >= 4 is 5.78 Å². The molecule has 1 nitrogen and oxygen atoms in total. The fourth-order valence-electron chi connectivity index (χ4n) is 1.26. The van der Waals surface area contributed by atoms with Crippen LogP contribution in [0.25, 0.3) is 0 Å². The summed E-state index contributed by atoms with van der Waals surface area (Å²) in [5, 5.41) is 0. The Labute approximate surface area is 119 Å². The van der Waals surface area contributed by atoms with Crippen LogP contribution < -0.4 is 0 Å². The molecule has 19 heavy (non-hydrogen) atoms. The van der Waals surface area contributed by atoms with E-state index >= 15 is 0 Å². The van der Waals surface area contributed by atoms with E-state index in [-0.39, 0.29) is 5.78 Å². The van der Waals surface area contributed by atoms with Crippen LogP contribution in [0.15, 0.2) is 60.8 Å². The van der Waals surface area contributed by atoms with Crippen molar-refractivity contribution in [1.82, 2.24) is 0 Å². The van der Waals surface area contributed by atoms with Crippen LogP contribution in [0, 0.1) is 5.92 Å². The van der Waals surface area contributed by atoms with Crippen LogP contribution >= 0.6 is 0 Å². The molecule has 0 bridgehead atoms. The molecule has 1 heteroatoms. The van der Waals surface area contributed by atoms with Crippen LogP contribution in [0.2, 0.25) is 0 Å². The second kappa shape index (κ2) is 14.4. The first kappa shape index (κ1) is 19.7. The van der Waals surface area contributed by atoms with Crippen LogP contribution in [0.4, 0.5) is 0 Å². The molecule has 0 fully saturated rings. The molecule has 0 aromatic rings. The molecule has 1 atom stereocenters. The van der Waals surface area contributed by atoms with Gasteiger partial charge in [0.25, 0.3) is 0 Å². The Morgan fingerprint density at radius 2 is 1.89 bits per heavy atom. The van der Waals surface area contributed by atoms with Gasteiger partial charge in [0.15, 0.2) is 5.78 Å². The predicted molar refractivity (Wildman–Crippen MR) is 87.2 cm³/mol. The monoisotopic (exact) mass is 260 g/mol. The lowest BCUT2D eigenvalue weighted by Crippen LogP contribution is -2.01. The van der Waals surface area contributed by atoms with Gasteiger partial charge < -0.3 is 0 Å². The summed E-state index contributed by atoms with van der Waals surface area (Å²) in [5.41, 5.74) is 0.809. The fraction of sp³-hybridized carbons (Fsp3) is 0.389. The lowest BCUT2D eigenvalue weighted by molar-refractivity contribution is -0.111. The van der Waals surface area contributed by atoms with Crippen LogP contribution in [-0.4, -0.2) is 5.78 Å². The summed E-state index contributed by atoms with van der Waals surface area (Å²) in [5.74, 6) is 0.650. The van der Waals surface area contributed by atoms with Gasteiger partial charge in [-0.25, -0.2) is 0 Å². The highest BCUT2D eigenvalue weighted by Gasteiger charge is 2.07. The zero-order chi connectivity index (χ0) is 15.1. The molecule has 0 saturated heterocycles. The van der Waals surface area contributed by atoms with E-state index in [4.69, 9.17) is 0 Å². The first-order chi connectivity index (χ1) is 9.15. The summed E-state index contributed by atoms with van der Waals surface area (Å²) < 4.78 is 0. The van der Waals surface area contributed by atoms with Crippen LogP contribution in [-0.2, 0) is 4.79 Å². The van der Waals surface area contributed by atoms with Crippen LogP contribution in [0.5, 0.6) is 0 Å². The van der Waals surface area contributed by atoms with E-state index < -0.39 is 0 Å². The van der Waals surface area contributed by atoms with E-state index in [2.05, 4.69) is 19.6 Å². The fourth-order valence-corrected chi connectivity index (χ4v) is 1.26. The third-order valence-electron chi connectivity index (χ3n) is 2.15. The van der Waals surface area contributed by atoms with E-state index in [1.807, 2.05) is 52.0 Å². The average Bonchev–Trinajstić information content (AvgIpc) is 2.43. The molecule has 1 rings (SSSR count). The van der Waals surface area contributed by atoms with E-state index in [1.54, 1.807) is 18.2 Å². The molecule has 0 N–H and O–H groups in total. The van der Waals surface area contributed by atoms with Crippen molar-refractivity contribution in [3.63, 3.8) is 0 Å². The first-order valence-electron chi connectivity index (χ1n) is 6.94. The van der Waals surface area contributed by atoms with Gasteiger partial charge in [-0.1, -0.05) is 63.3 Å². The van der Waals surface area contributed by atoms with Crippen molar-refractivity contribution in [1.29, 1.82) is 0 Å². The van der Waals surface area contributed by atoms with Gasteiger partial charge in [-0.05, 0) is 32.3 Å². The highest BCUT2D eigenvalue weighted by Crippen LogP contribution is 2.16. The Morgan fingerprint density at radius 1 is 1.32 bits per heavy atom. The molecule has 0 radical (unpaired) electrons. The van der Waals surface area contributed by atoms with E-state index in [1.165, 1.54) is 0 Å².